The standard InChI is InChI=1S/C24H21ClN4O2/c25-20-12-17(31-16-4-2-1-3-5-16)6-7-18(20)23(30)19-14-28-24-22(19)21(9-11-27-24)29-15-8-10-26-13-15/h1-7,9,11-12,14-15,26H,8,10,13H2,(H2,27,28,29)/t15-/m0/s1. The van der Waals surface area contributed by atoms with E-state index in [2.05, 4.69) is 20.6 Å². The fourth-order valence-corrected chi connectivity index (χ4v) is 4.12. The number of para-hydroxylation sites is 1. The first-order chi connectivity index (χ1) is 15.2. The van der Waals surface area contributed by atoms with Crippen LogP contribution in [0.15, 0.2) is 67.0 Å². The van der Waals surface area contributed by atoms with Crippen molar-refractivity contribution >= 4 is 34.1 Å². The fourth-order valence-electron chi connectivity index (χ4n) is 3.87. The minimum absolute atomic E-state index is 0.164. The number of rotatable bonds is 6. The van der Waals surface area contributed by atoms with Gasteiger partial charge in [0.15, 0.2) is 5.78 Å². The Morgan fingerprint density at radius 3 is 2.74 bits per heavy atom. The molecule has 31 heavy (non-hydrogen) atoms. The average molecular weight is 433 g/mol. The summed E-state index contributed by atoms with van der Waals surface area (Å²) in [6.45, 7) is 1.88. The van der Waals surface area contributed by atoms with Crippen molar-refractivity contribution in [1.82, 2.24) is 15.3 Å². The molecule has 5 rings (SSSR count). The minimum Gasteiger partial charge on any atom is -0.457 e. The number of ketones is 1. The molecule has 0 amide bonds. The van der Waals surface area contributed by atoms with Gasteiger partial charge in [-0.2, -0.15) is 0 Å². The Hall–Kier alpha value is -3.35. The molecule has 1 fully saturated rings. The Bertz CT molecular complexity index is 1230. The van der Waals surface area contributed by atoms with Crippen molar-refractivity contribution in [3.8, 4) is 11.5 Å². The van der Waals surface area contributed by atoms with Crippen LogP contribution in [0.2, 0.25) is 5.02 Å². The molecule has 0 aliphatic carbocycles. The summed E-state index contributed by atoms with van der Waals surface area (Å²) in [7, 11) is 0. The van der Waals surface area contributed by atoms with Gasteiger partial charge >= 0.3 is 0 Å². The van der Waals surface area contributed by atoms with E-state index in [1.807, 2.05) is 36.4 Å². The van der Waals surface area contributed by atoms with E-state index in [4.69, 9.17) is 16.3 Å². The molecule has 0 spiro atoms. The fraction of sp³-hybridized carbons (Fsp3) is 0.167. The molecule has 1 saturated heterocycles. The molecule has 1 aliphatic heterocycles. The second kappa shape index (κ2) is 8.41. The predicted octanol–water partition coefficient (Wildman–Crippen LogP) is 5.01. The lowest BCUT2D eigenvalue weighted by atomic mass is 10.0. The number of aromatic amines is 1. The van der Waals surface area contributed by atoms with E-state index >= 15 is 0 Å². The van der Waals surface area contributed by atoms with E-state index in [0.717, 1.165) is 30.6 Å². The highest BCUT2D eigenvalue weighted by atomic mass is 35.5. The highest BCUT2D eigenvalue weighted by Crippen LogP contribution is 2.32. The van der Waals surface area contributed by atoms with Crippen molar-refractivity contribution in [2.45, 2.75) is 12.5 Å². The van der Waals surface area contributed by atoms with Gasteiger partial charge in [-0.15, -0.1) is 0 Å². The van der Waals surface area contributed by atoms with Crippen molar-refractivity contribution in [3.63, 3.8) is 0 Å². The van der Waals surface area contributed by atoms with Crippen LogP contribution in [-0.2, 0) is 0 Å². The van der Waals surface area contributed by atoms with E-state index < -0.39 is 0 Å². The highest BCUT2D eigenvalue weighted by molar-refractivity contribution is 6.35. The first-order valence-corrected chi connectivity index (χ1v) is 10.6. The van der Waals surface area contributed by atoms with Gasteiger partial charge in [0.25, 0.3) is 0 Å². The zero-order valence-corrected chi connectivity index (χ0v) is 17.4. The summed E-state index contributed by atoms with van der Waals surface area (Å²) in [6, 6.07) is 16.8. The molecule has 1 atom stereocenters. The van der Waals surface area contributed by atoms with Crippen LogP contribution in [0.3, 0.4) is 0 Å². The van der Waals surface area contributed by atoms with E-state index in [-0.39, 0.29) is 5.78 Å². The summed E-state index contributed by atoms with van der Waals surface area (Å²) in [5, 5.41) is 8.00. The van der Waals surface area contributed by atoms with Crippen LogP contribution in [-0.4, -0.2) is 34.9 Å². The lowest BCUT2D eigenvalue weighted by Gasteiger charge is -2.14. The molecule has 0 radical (unpaired) electrons. The van der Waals surface area contributed by atoms with Gasteiger partial charge in [0.2, 0.25) is 0 Å². The Kier molecular flexibility index (Phi) is 5.32. The summed E-state index contributed by atoms with van der Waals surface area (Å²) in [5.41, 5.74) is 2.51. The Morgan fingerprint density at radius 2 is 1.97 bits per heavy atom. The van der Waals surface area contributed by atoms with Crippen LogP contribution >= 0.6 is 11.6 Å². The van der Waals surface area contributed by atoms with E-state index in [1.165, 1.54) is 0 Å². The number of aromatic nitrogens is 2. The van der Waals surface area contributed by atoms with Crippen molar-refractivity contribution in [3.05, 3.63) is 83.1 Å². The molecule has 0 bridgehead atoms. The van der Waals surface area contributed by atoms with Crippen molar-refractivity contribution in [1.29, 1.82) is 0 Å². The van der Waals surface area contributed by atoms with Crippen LogP contribution in [0, 0.1) is 0 Å². The molecule has 156 valence electrons. The number of fused-ring (bicyclic) bond motifs is 1. The van der Waals surface area contributed by atoms with Crippen molar-refractivity contribution < 1.29 is 9.53 Å². The summed E-state index contributed by atoms with van der Waals surface area (Å²) in [6.07, 6.45) is 4.47. The molecule has 2 aromatic heterocycles. The van der Waals surface area contributed by atoms with E-state index in [1.54, 1.807) is 30.6 Å². The van der Waals surface area contributed by atoms with Crippen LogP contribution in [0.1, 0.15) is 22.3 Å². The normalized spacial score (nSPS) is 15.8. The number of carbonyl (C=O) groups is 1. The van der Waals surface area contributed by atoms with E-state index in [0.29, 0.717) is 39.3 Å². The van der Waals surface area contributed by atoms with Gasteiger partial charge in [-0.05, 0) is 43.3 Å². The van der Waals surface area contributed by atoms with Gasteiger partial charge in [-0.1, -0.05) is 29.8 Å². The van der Waals surface area contributed by atoms with Crippen LogP contribution in [0.5, 0.6) is 11.5 Å². The second-order valence-corrected chi connectivity index (χ2v) is 7.91. The average Bonchev–Trinajstić information content (AvgIpc) is 3.44. The number of hydrogen-bond acceptors (Lipinski definition) is 5. The maximum Gasteiger partial charge on any atom is 0.196 e. The zero-order chi connectivity index (χ0) is 21.2. The number of nitrogens with one attached hydrogen (secondary N) is 3. The smallest absolute Gasteiger partial charge is 0.196 e. The highest BCUT2D eigenvalue weighted by Gasteiger charge is 2.22. The van der Waals surface area contributed by atoms with Gasteiger partial charge < -0.3 is 20.4 Å². The molecule has 3 heterocycles. The summed E-state index contributed by atoms with van der Waals surface area (Å²) in [4.78, 5) is 20.9. The molecule has 6 nitrogen and oxygen atoms in total. The Morgan fingerprint density at radius 1 is 1.10 bits per heavy atom. The number of carbonyl (C=O) groups excluding carboxylic acids is 1. The maximum absolute atomic E-state index is 13.4. The molecule has 0 saturated carbocycles. The Balaban J connectivity index is 1.46. The third-order valence-electron chi connectivity index (χ3n) is 5.40. The minimum atomic E-state index is -0.164. The zero-order valence-electron chi connectivity index (χ0n) is 16.7. The van der Waals surface area contributed by atoms with E-state index in [9.17, 15) is 4.79 Å². The van der Waals surface area contributed by atoms with Crippen LogP contribution in [0.4, 0.5) is 5.69 Å². The van der Waals surface area contributed by atoms with Gasteiger partial charge in [-0.25, -0.2) is 4.98 Å². The summed E-state index contributed by atoms with van der Waals surface area (Å²) >= 11 is 6.49. The first-order valence-electron chi connectivity index (χ1n) is 10.2. The van der Waals surface area contributed by atoms with Gasteiger partial charge in [0.05, 0.1) is 16.0 Å². The maximum atomic E-state index is 13.4. The topological polar surface area (TPSA) is 79.0 Å². The number of anilines is 1. The monoisotopic (exact) mass is 432 g/mol. The number of nitrogens with zero attached hydrogens (tertiary/aromatic N) is 1. The third-order valence-corrected chi connectivity index (χ3v) is 5.71. The van der Waals surface area contributed by atoms with Crippen LogP contribution in [0.25, 0.3) is 11.0 Å². The number of halogens is 1. The number of benzene rings is 2. The number of ether oxygens (including phenoxy) is 1. The van der Waals surface area contributed by atoms with Crippen LogP contribution < -0.4 is 15.4 Å². The van der Waals surface area contributed by atoms with Gasteiger partial charge in [-0.3, -0.25) is 4.79 Å². The predicted molar refractivity (Wildman–Crippen MR) is 122 cm³/mol. The lowest BCUT2D eigenvalue weighted by molar-refractivity contribution is 0.104. The van der Waals surface area contributed by atoms with Gasteiger partial charge in [0, 0.05) is 42.3 Å². The third kappa shape index (κ3) is 4.00. The molecular formula is C24H21ClN4O2. The SMILES string of the molecule is O=C(c1ccc(Oc2ccccc2)cc1Cl)c1c[nH]c2nccc(N[C@H]3CCNC3)c12. The largest absolute Gasteiger partial charge is 0.457 e. The first kappa shape index (κ1) is 19.6. The Labute approximate surface area is 184 Å². The molecule has 2 aromatic carbocycles. The lowest BCUT2D eigenvalue weighted by Crippen LogP contribution is -2.22. The molecule has 4 aromatic rings. The number of H-pyrrole nitrogens is 1. The van der Waals surface area contributed by atoms with Gasteiger partial charge in [0.1, 0.15) is 17.1 Å². The molecule has 1 aliphatic rings. The number of hydrogen-bond donors (Lipinski definition) is 3. The quantitative estimate of drug-likeness (QED) is 0.373. The molecule has 0 unspecified atom stereocenters. The summed E-state index contributed by atoms with van der Waals surface area (Å²) < 4.78 is 5.82. The molecular weight excluding hydrogens is 412 g/mol. The molecule has 7 heteroatoms. The summed E-state index contributed by atoms with van der Waals surface area (Å²) in [5.74, 6) is 1.12. The van der Waals surface area contributed by atoms with Crippen molar-refractivity contribution in [2.24, 2.45) is 0 Å². The molecule has 3 N–H and O–H groups in total. The number of pyridine rings is 1. The second-order valence-electron chi connectivity index (χ2n) is 7.50. The van der Waals surface area contributed by atoms with Crippen molar-refractivity contribution in [2.75, 3.05) is 18.4 Å².